The predicted molar refractivity (Wildman–Crippen MR) is 50.3 cm³/mol. The van der Waals surface area contributed by atoms with Crippen molar-refractivity contribution in [2.45, 2.75) is 19.0 Å². The highest BCUT2D eigenvalue weighted by atomic mass is 35.5. The van der Waals surface area contributed by atoms with E-state index in [9.17, 15) is 18.0 Å². The van der Waals surface area contributed by atoms with Crippen LogP contribution >= 0.6 is 11.6 Å². The fourth-order valence-corrected chi connectivity index (χ4v) is 1.37. The zero-order chi connectivity index (χ0) is 12.5. The van der Waals surface area contributed by atoms with Crippen molar-refractivity contribution >= 4 is 17.6 Å². The SMILES string of the molecule is C[C@@H](C(=O)O)c1ncc(C(F)(F)F)cc1Cl. The zero-order valence-corrected chi connectivity index (χ0v) is 8.80. The van der Waals surface area contributed by atoms with Crippen LogP contribution in [0.4, 0.5) is 13.2 Å². The molecule has 0 saturated carbocycles. The Morgan fingerprint density at radius 3 is 2.50 bits per heavy atom. The number of aromatic nitrogens is 1. The van der Waals surface area contributed by atoms with E-state index in [0.717, 1.165) is 0 Å². The van der Waals surface area contributed by atoms with Gasteiger partial charge in [0.2, 0.25) is 0 Å². The number of hydrogen-bond donors (Lipinski definition) is 1. The number of alkyl halides is 3. The van der Waals surface area contributed by atoms with E-state index in [0.29, 0.717) is 12.3 Å². The minimum atomic E-state index is -4.54. The second-order valence-electron chi connectivity index (χ2n) is 3.15. The highest BCUT2D eigenvalue weighted by molar-refractivity contribution is 6.31. The van der Waals surface area contributed by atoms with Gasteiger partial charge in [0, 0.05) is 6.20 Å². The lowest BCUT2D eigenvalue weighted by molar-refractivity contribution is -0.138. The number of carboxylic acids is 1. The van der Waals surface area contributed by atoms with Gasteiger partial charge in [-0.1, -0.05) is 11.6 Å². The van der Waals surface area contributed by atoms with Crippen LogP contribution in [-0.4, -0.2) is 16.1 Å². The molecule has 1 atom stereocenters. The van der Waals surface area contributed by atoms with E-state index < -0.39 is 23.6 Å². The molecular formula is C9H7ClF3NO2. The van der Waals surface area contributed by atoms with E-state index in [4.69, 9.17) is 16.7 Å². The van der Waals surface area contributed by atoms with Crippen molar-refractivity contribution in [3.8, 4) is 0 Å². The molecule has 0 fully saturated rings. The number of halogens is 4. The molecule has 0 aliphatic heterocycles. The van der Waals surface area contributed by atoms with E-state index in [2.05, 4.69) is 4.98 Å². The van der Waals surface area contributed by atoms with Crippen molar-refractivity contribution in [3.05, 3.63) is 28.5 Å². The molecule has 0 spiro atoms. The molecule has 1 heterocycles. The summed E-state index contributed by atoms with van der Waals surface area (Å²) in [5, 5.41) is 8.37. The number of hydrogen-bond acceptors (Lipinski definition) is 2. The van der Waals surface area contributed by atoms with Gasteiger partial charge in [0.15, 0.2) is 0 Å². The largest absolute Gasteiger partial charge is 0.481 e. The third-order valence-corrected chi connectivity index (χ3v) is 2.28. The summed E-state index contributed by atoms with van der Waals surface area (Å²) in [7, 11) is 0. The van der Waals surface area contributed by atoms with E-state index >= 15 is 0 Å². The molecule has 0 aliphatic rings. The molecule has 3 nitrogen and oxygen atoms in total. The lowest BCUT2D eigenvalue weighted by Crippen LogP contribution is -2.12. The van der Waals surface area contributed by atoms with Crippen LogP contribution in [0.1, 0.15) is 24.1 Å². The Labute approximate surface area is 93.9 Å². The first kappa shape index (κ1) is 12.8. The highest BCUT2D eigenvalue weighted by Crippen LogP contribution is 2.32. The Morgan fingerprint density at radius 1 is 1.56 bits per heavy atom. The smallest absolute Gasteiger partial charge is 0.417 e. The molecule has 0 saturated heterocycles. The summed E-state index contributed by atoms with van der Waals surface area (Å²) in [5.41, 5.74) is -1.08. The van der Waals surface area contributed by atoms with E-state index in [-0.39, 0.29) is 10.7 Å². The van der Waals surface area contributed by atoms with E-state index in [1.807, 2.05) is 0 Å². The molecule has 1 aromatic rings. The fourth-order valence-electron chi connectivity index (χ4n) is 1.04. The summed E-state index contributed by atoms with van der Waals surface area (Å²) in [4.78, 5) is 14.0. The summed E-state index contributed by atoms with van der Waals surface area (Å²) >= 11 is 5.55. The summed E-state index contributed by atoms with van der Waals surface area (Å²) in [5.74, 6) is -2.25. The van der Waals surface area contributed by atoms with Crippen LogP contribution in [0.5, 0.6) is 0 Å². The molecule has 1 rings (SSSR count). The highest BCUT2D eigenvalue weighted by Gasteiger charge is 2.32. The number of carboxylic acid groups (broad SMARTS) is 1. The van der Waals surface area contributed by atoms with Gasteiger partial charge in [-0.05, 0) is 13.0 Å². The van der Waals surface area contributed by atoms with Gasteiger partial charge in [-0.2, -0.15) is 13.2 Å². The average Bonchev–Trinajstić information content (AvgIpc) is 2.15. The molecule has 0 radical (unpaired) electrons. The predicted octanol–water partition coefficient (Wildman–Crippen LogP) is 2.94. The Morgan fingerprint density at radius 2 is 2.12 bits per heavy atom. The molecule has 1 N–H and O–H groups in total. The van der Waals surface area contributed by atoms with Crippen LogP contribution in [0.25, 0.3) is 0 Å². The normalized spacial score (nSPS) is 13.6. The summed E-state index contributed by atoms with van der Waals surface area (Å²) < 4.78 is 36.7. The molecule has 0 bridgehead atoms. The number of rotatable bonds is 2. The summed E-state index contributed by atoms with van der Waals surface area (Å²) in [6.45, 7) is 1.30. The summed E-state index contributed by atoms with van der Waals surface area (Å²) in [6.07, 6.45) is -3.97. The molecule has 0 aromatic carbocycles. The van der Waals surface area contributed by atoms with Crippen LogP contribution in [0.15, 0.2) is 12.3 Å². The minimum absolute atomic E-state index is 0.0813. The maximum Gasteiger partial charge on any atom is 0.417 e. The van der Waals surface area contributed by atoms with Crippen LogP contribution in [0, 0.1) is 0 Å². The quantitative estimate of drug-likeness (QED) is 0.882. The fraction of sp³-hybridized carbons (Fsp3) is 0.333. The molecule has 7 heteroatoms. The van der Waals surface area contributed by atoms with Gasteiger partial charge < -0.3 is 5.11 Å². The third kappa shape index (κ3) is 2.63. The van der Waals surface area contributed by atoms with E-state index in [1.165, 1.54) is 6.92 Å². The van der Waals surface area contributed by atoms with Crippen molar-refractivity contribution in [2.24, 2.45) is 0 Å². The Balaban J connectivity index is 3.15. The monoisotopic (exact) mass is 253 g/mol. The maximum atomic E-state index is 12.2. The molecular weight excluding hydrogens is 247 g/mol. The number of pyridine rings is 1. The number of carbonyl (C=O) groups is 1. The molecule has 0 amide bonds. The van der Waals surface area contributed by atoms with Crippen LogP contribution in [0.3, 0.4) is 0 Å². The Bertz CT molecular complexity index is 420. The van der Waals surface area contributed by atoms with Gasteiger partial charge in [-0.3, -0.25) is 9.78 Å². The standard InChI is InChI=1S/C9H7ClF3NO2/c1-4(8(15)16)7-6(10)2-5(3-14-7)9(11,12)13/h2-4H,1H3,(H,15,16)/t4-/m1/s1. The first-order chi connectivity index (χ1) is 7.23. The Hall–Kier alpha value is -1.30. The second-order valence-corrected chi connectivity index (χ2v) is 3.56. The second kappa shape index (κ2) is 4.29. The van der Waals surface area contributed by atoms with Crippen molar-refractivity contribution in [1.29, 1.82) is 0 Å². The molecule has 0 aliphatic carbocycles. The van der Waals surface area contributed by atoms with Crippen LogP contribution in [-0.2, 0) is 11.0 Å². The molecule has 0 unspecified atom stereocenters. The van der Waals surface area contributed by atoms with Crippen molar-refractivity contribution in [3.63, 3.8) is 0 Å². The maximum absolute atomic E-state index is 12.2. The van der Waals surface area contributed by atoms with Crippen LogP contribution < -0.4 is 0 Å². The average molecular weight is 254 g/mol. The first-order valence-electron chi connectivity index (χ1n) is 4.19. The van der Waals surface area contributed by atoms with Gasteiger partial charge >= 0.3 is 12.1 Å². The van der Waals surface area contributed by atoms with Gasteiger partial charge in [0.25, 0.3) is 0 Å². The van der Waals surface area contributed by atoms with Crippen molar-refractivity contribution in [1.82, 2.24) is 4.98 Å². The van der Waals surface area contributed by atoms with Crippen LogP contribution in [0.2, 0.25) is 5.02 Å². The van der Waals surface area contributed by atoms with Gasteiger partial charge in [-0.15, -0.1) is 0 Å². The lowest BCUT2D eigenvalue weighted by Gasteiger charge is -2.11. The zero-order valence-electron chi connectivity index (χ0n) is 8.05. The molecule has 16 heavy (non-hydrogen) atoms. The summed E-state index contributed by atoms with van der Waals surface area (Å²) in [6, 6.07) is 0.670. The lowest BCUT2D eigenvalue weighted by atomic mass is 10.1. The van der Waals surface area contributed by atoms with Gasteiger partial charge in [-0.25, -0.2) is 0 Å². The Kier molecular flexibility index (Phi) is 3.42. The first-order valence-corrected chi connectivity index (χ1v) is 4.56. The minimum Gasteiger partial charge on any atom is -0.481 e. The topological polar surface area (TPSA) is 50.2 Å². The molecule has 88 valence electrons. The van der Waals surface area contributed by atoms with Gasteiger partial charge in [0.05, 0.1) is 22.2 Å². The number of aliphatic carboxylic acids is 1. The van der Waals surface area contributed by atoms with Crippen molar-refractivity contribution in [2.75, 3.05) is 0 Å². The van der Waals surface area contributed by atoms with Gasteiger partial charge in [0.1, 0.15) is 0 Å². The van der Waals surface area contributed by atoms with Crippen molar-refractivity contribution < 1.29 is 23.1 Å². The van der Waals surface area contributed by atoms with E-state index in [1.54, 1.807) is 0 Å². The molecule has 1 aromatic heterocycles. The third-order valence-electron chi connectivity index (χ3n) is 1.98. The number of nitrogens with zero attached hydrogens (tertiary/aromatic N) is 1.